The summed E-state index contributed by atoms with van der Waals surface area (Å²) >= 11 is 9.77. The molecule has 0 saturated carbocycles. The zero-order valence-electron chi connectivity index (χ0n) is 6.63. The topological polar surface area (TPSA) is 20.2 Å². The molecular formula is C9H11ClOS. The number of halogens is 1. The van der Waals surface area contributed by atoms with Crippen molar-refractivity contribution in [2.45, 2.75) is 12.8 Å². The van der Waals surface area contributed by atoms with Gasteiger partial charge in [-0.1, -0.05) is 17.7 Å². The van der Waals surface area contributed by atoms with Gasteiger partial charge in [0.25, 0.3) is 0 Å². The molecule has 0 spiro atoms. The molecule has 1 nitrogen and oxygen atoms in total. The quantitative estimate of drug-likeness (QED) is 0.723. The summed E-state index contributed by atoms with van der Waals surface area (Å²) in [5.41, 5.74) is 0.938. The first-order chi connectivity index (χ1) is 5.74. The highest BCUT2D eigenvalue weighted by Crippen LogP contribution is 2.22. The summed E-state index contributed by atoms with van der Waals surface area (Å²) < 4.78 is 0. The molecule has 1 aromatic carbocycles. The molecule has 0 fully saturated rings. The predicted molar refractivity (Wildman–Crippen MR) is 55.3 cm³/mol. The molecule has 0 aliphatic carbocycles. The van der Waals surface area contributed by atoms with E-state index < -0.39 is 0 Å². The van der Waals surface area contributed by atoms with Gasteiger partial charge in [-0.3, -0.25) is 0 Å². The van der Waals surface area contributed by atoms with Gasteiger partial charge in [0, 0.05) is 5.02 Å². The maximum Gasteiger partial charge on any atom is 0.120 e. The Kier molecular flexibility index (Phi) is 3.76. The minimum absolute atomic E-state index is 0.282. The lowest BCUT2D eigenvalue weighted by Gasteiger charge is -2.02. The molecule has 0 bridgehead atoms. The van der Waals surface area contributed by atoms with Crippen LogP contribution < -0.4 is 0 Å². The zero-order chi connectivity index (χ0) is 8.97. The highest BCUT2D eigenvalue weighted by Gasteiger charge is 2.00. The van der Waals surface area contributed by atoms with Crippen LogP contribution in [0.15, 0.2) is 18.2 Å². The zero-order valence-corrected chi connectivity index (χ0v) is 8.28. The molecule has 3 heteroatoms. The maximum absolute atomic E-state index is 9.41. The van der Waals surface area contributed by atoms with Crippen LogP contribution in [0.25, 0.3) is 0 Å². The Morgan fingerprint density at radius 3 is 2.75 bits per heavy atom. The van der Waals surface area contributed by atoms with Gasteiger partial charge in [0.05, 0.1) is 0 Å². The summed E-state index contributed by atoms with van der Waals surface area (Å²) in [6.45, 7) is 0. The predicted octanol–water partition coefficient (Wildman–Crippen LogP) is 2.91. The molecule has 0 aliphatic rings. The SMILES string of the molecule is Oc1cc(Cl)ccc1CCCS. The van der Waals surface area contributed by atoms with Gasteiger partial charge in [-0.2, -0.15) is 12.6 Å². The highest BCUT2D eigenvalue weighted by molar-refractivity contribution is 7.80. The minimum atomic E-state index is 0.282. The van der Waals surface area contributed by atoms with E-state index in [1.165, 1.54) is 0 Å². The number of aromatic hydroxyl groups is 1. The third-order valence-corrected chi connectivity index (χ3v) is 2.20. The Morgan fingerprint density at radius 2 is 2.17 bits per heavy atom. The Balaban J connectivity index is 2.72. The molecule has 1 N–H and O–H groups in total. The first-order valence-electron chi connectivity index (χ1n) is 3.82. The molecule has 0 aliphatic heterocycles. The summed E-state index contributed by atoms with van der Waals surface area (Å²) in [5.74, 6) is 1.12. The van der Waals surface area contributed by atoms with Crippen LogP contribution >= 0.6 is 24.2 Å². The second kappa shape index (κ2) is 4.63. The van der Waals surface area contributed by atoms with Crippen LogP contribution in [0.1, 0.15) is 12.0 Å². The van der Waals surface area contributed by atoms with Crippen molar-refractivity contribution in [3.05, 3.63) is 28.8 Å². The number of benzene rings is 1. The number of aryl methyl sites for hydroxylation is 1. The lowest BCUT2D eigenvalue weighted by atomic mass is 10.1. The van der Waals surface area contributed by atoms with Gasteiger partial charge in [0.1, 0.15) is 5.75 Å². The van der Waals surface area contributed by atoms with Gasteiger partial charge in [-0.25, -0.2) is 0 Å². The van der Waals surface area contributed by atoms with Crippen molar-refractivity contribution in [2.24, 2.45) is 0 Å². The van der Waals surface area contributed by atoms with E-state index in [2.05, 4.69) is 12.6 Å². The number of phenolic OH excluding ortho intramolecular Hbond substituents is 1. The van der Waals surface area contributed by atoms with E-state index in [0.717, 1.165) is 24.2 Å². The average Bonchev–Trinajstić information content (AvgIpc) is 2.03. The van der Waals surface area contributed by atoms with E-state index in [-0.39, 0.29) is 5.75 Å². The molecular weight excluding hydrogens is 192 g/mol. The fourth-order valence-corrected chi connectivity index (χ4v) is 1.34. The molecule has 1 aromatic rings. The molecule has 1 rings (SSSR count). The summed E-state index contributed by atoms with van der Waals surface area (Å²) in [7, 11) is 0. The Hall–Kier alpha value is -0.340. The molecule has 0 heterocycles. The van der Waals surface area contributed by atoms with Crippen LogP contribution in [0.3, 0.4) is 0 Å². The first kappa shape index (κ1) is 9.75. The monoisotopic (exact) mass is 202 g/mol. The van der Waals surface area contributed by atoms with E-state index in [0.29, 0.717) is 5.02 Å². The van der Waals surface area contributed by atoms with Crippen molar-refractivity contribution in [1.29, 1.82) is 0 Å². The van der Waals surface area contributed by atoms with E-state index in [1.54, 1.807) is 12.1 Å². The normalized spacial score (nSPS) is 10.2. The number of rotatable bonds is 3. The van der Waals surface area contributed by atoms with Gasteiger partial charge in [-0.05, 0) is 36.3 Å². The van der Waals surface area contributed by atoms with Crippen molar-refractivity contribution in [1.82, 2.24) is 0 Å². The second-order valence-electron chi connectivity index (χ2n) is 2.60. The van der Waals surface area contributed by atoms with Gasteiger partial charge >= 0.3 is 0 Å². The Bertz CT molecular complexity index is 263. The van der Waals surface area contributed by atoms with E-state index in [4.69, 9.17) is 11.6 Å². The van der Waals surface area contributed by atoms with Crippen LogP contribution in [0.4, 0.5) is 0 Å². The third kappa shape index (κ3) is 2.61. The average molecular weight is 203 g/mol. The fourth-order valence-electron chi connectivity index (χ4n) is 1.02. The number of hydrogen-bond donors (Lipinski definition) is 2. The third-order valence-electron chi connectivity index (χ3n) is 1.65. The van der Waals surface area contributed by atoms with Crippen molar-refractivity contribution in [2.75, 3.05) is 5.75 Å². The van der Waals surface area contributed by atoms with E-state index in [1.807, 2.05) is 6.07 Å². The molecule has 0 atom stereocenters. The van der Waals surface area contributed by atoms with Crippen molar-refractivity contribution in [3.63, 3.8) is 0 Å². The largest absolute Gasteiger partial charge is 0.508 e. The summed E-state index contributed by atoms with van der Waals surface area (Å²) in [6, 6.07) is 5.20. The van der Waals surface area contributed by atoms with Gasteiger partial charge in [-0.15, -0.1) is 0 Å². The van der Waals surface area contributed by atoms with E-state index in [9.17, 15) is 5.11 Å². The summed E-state index contributed by atoms with van der Waals surface area (Å²) in [5, 5.41) is 9.98. The molecule has 0 amide bonds. The van der Waals surface area contributed by atoms with Crippen LogP contribution in [0.2, 0.25) is 5.02 Å². The van der Waals surface area contributed by atoms with Gasteiger partial charge < -0.3 is 5.11 Å². The van der Waals surface area contributed by atoms with Crippen molar-refractivity contribution in [3.8, 4) is 5.75 Å². The molecule has 0 unspecified atom stereocenters. The molecule has 0 aromatic heterocycles. The van der Waals surface area contributed by atoms with Crippen LogP contribution in [-0.2, 0) is 6.42 Å². The number of thiol groups is 1. The Labute approximate surface area is 82.8 Å². The minimum Gasteiger partial charge on any atom is -0.508 e. The van der Waals surface area contributed by atoms with Crippen LogP contribution in [-0.4, -0.2) is 10.9 Å². The standard InChI is InChI=1S/C9H11ClOS/c10-8-4-3-7(2-1-5-12)9(11)6-8/h3-4,6,11-12H,1-2,5H2. The van der Waals surface area contributed by atoms with Gasteiger partial charge in [0.15, 0.2) is 0 Å². The van der Waals surface area contributed by atoms with Crippen molar-refractivity contribution < 1.29 is 5.11 Å². The Morgan fingerprint density at radius 1 is 1.42 bits per heavy atom. The fraction of sp³-hybridized carbons (Fsp3) is 0.333. The van der Waals surface area contributed by atoms with Gasteiger partial charge in [0.2, 0.25) is 0 Å². The first-order valence-corrected chi connectivity index (χ1v) is 4.83. The molecule has 12 heavy (non-hydrogen) atoms. The molecule has 66 valence electrons. The smallest absolute Gasteiger partial charge is 0.120 e. The maximum atomic E-state index is 9.41. The summed E-state index contributed by atoms with van der Waals surface area (Å²) in [4.78, 5) is 0. The number of phenols is 1. The summed E-state index contributed by atoms with van der Waals surface area (Å²) in [6.07, 6.45) is 1.82. The lowest BCUT2D eigenvalue weighted by molar-refractivity contribution is 0.468. The van der Waals surface area contributed by atoms with Crippen molar-refractivity contribution >= 4 is 24.2 Å². The van der Waals surface area contributed by atoms with Crippen LogP contribution in [0.5, 0.6) is 5.75 Å². The number of hydrogen-bond acceptors (Lipinski definition) is 2. The van der Waals surface area contributed by atoms with Crippen LogP contribution in [0, 0.1) is 0 Å². The lowest BCUT2D eigenvalue weighted by Crippen LogP contribution is -1.86. The van der Waals surface area contributed by atoms with E-state index >= 15 is 0 Å². The molecule has 0 radical (unpaired) electrons. The molecule has 0 saturated heterocycles. The highest BCUT2D eigenvalue weighted by atomic mass is 35.5. The second-order valence-corrected chi connectivity index (χ2v) is 3.48.